The smallest absolute Gasteiger partial charge is 0.319 e. The summed E-state index contributed by atoms with van der Waals surface area (Å²) in [5.41, 5.74) is 1.05. The molecule has 2 aliphatic rings. The molecule has 3 amide bonds. The Labute approximate surface area is 133 Å². The molecule has 1 saturated carbocycles. The third-order valence-corrected chi connectivity index (χ3v) is 4.92. The van der Waals surface area contributed by atoms with E-state index >= 15 is 0 Å². The maximum Gasteiger partial charge on any atom is 0.319 e. The van der Waals surface area contributed by atoms with Crippen LogP contribution in [0.2, 0.25) is 0 Å². The summed E-state index contributed by atoms with van der Waals surface area (Å²) in [6.45, 7) is 0. The largest absolute Gasteiger partial charge is 0.464 e. The molecule has 4 rings (SSSR count). The number of carbonyl (C=O) groups is 2. The van der Waals surface area contributed by atoms with Crippen LogP contribution in [0.1, 0.15) is 32.1 Å². The number of urea groups is 1. The first-order valence-corrected chi connectivity index (χ1v) is 8.00. The number of hydrogen-bond acceptors (Lipinski definition) is 3. The molecule has 23 heavy (non-hydrogen) atoms. The summed E-state index contributed by atoms with van der Waals surface area (Å²) in [7, 11) is 0. The lowest BCUT2D eigenvalue weighted by atomic mass is 9.78. The molecule has 2 aromatic rings. The lowest BCUT2D eigenvalue weighted by Crippen LogP contribution is -2.58. The zero-order valence-electron chi connectivity index (χ0n) is 12.7. The van der Waals surface area contributed by atoms with Crippen LogP contribution < -0.4 is 16.0 Å². The standard InChI is InChI=1S/C17H19N3O3/c21-15-10-17(7-2-1-3-14(17)19-15)20-16(22)18-12-4-5-13-11(9-12)6-8-23-13/h4-6,8-9,14H,1-3,7,10H2,(H,19,21)(H2,18,20,22)/t14-,17+/m0/s1. The highest BCUT2D eigenvalue weighted by Crippen LogP contribution is 2.35. The van der Waals surface area contributed by atoms with Gasteiger partial charge in [-0.1, -0.05) is 12.8 Å². The summed E-state index contributed by atoms with van der Waals surface area (Å²) >= 11 is 0. The quantitative estimate of drug-likeness (QED) is 0.797. The lowest BCUT2D eigenvalue weighted by Gasteiger charge is -2.38. The van der Waals surface area contributed by atoms with Crippen molar-refractivity contribution in [1.82, 2.24) is 10.6 Å². The fraction of sp³-hybridized carbons (Fsp3) is 0.412. The van der Waals surface area contributed by atoms with Crippen LogP contribution in [0.3, 0.4) is 0 Å². The molecular weight excluding hydrogens is 294 g/mol. The molecule has 1 aliphatic heterocycles. The predicted molar refractivity (Wildman–Crippen MR) is 86.1 cm³/mol. The molecule has 2 heterocycles. The summed E-state index contributed by atoms with van der Waals surface area (Å²) in [4.78, 5) is 24.2. The van der Waals surface area contributed by atoms with Gasteiger partial charge in [-0.15, -0.1) is 0 Å². The zero-order chi connectivity index (χ0) is 15.9. The normalized spacial score (nSPS) is 26.6. The maximum absolute atomic E-state index is 12.4. The number of amides is 3. The Morgan fingerprint density at radius 3 is 3.13 bits per heavy atom. The number of hydrogen-bond donors (Lipinski definition) is 3. The van der Waals surface area contributed by atoms with Crippen molar-refractivity contribution in [3.05, 3.63) is 30.5 Å². The van der Waals surface area contributed by atoms with Gasteiger partial charge in [-0.05, 0) is 37.1 Å². The van der Waals surface area contributed by atoms with E-state index in [0.717, 1.165) is 36.7 Å². The van der Waals surface area contributed by atoms with Crippen molar-refractivity contribution >= 4 is 28.6 Å². The third kappa shape index (κ3) is 2.54. The van der Waals surface area contributed by atoms with Crippen molar-refractivity contribution in [3.63, 3.8) is 0 Å². The van der Waals surface area contributed by atoms with Crippen LogP contribution in [0.25, 0.3) is 11.0 Å². The first kappa shape index (κ1) is 14.1. The van der Waals surface area contributed by atoms with Crippen molar-refractivity contribution in [2.45, 2.75) is 43.7 Å². The van der Waals surface area contributed by atoms with E-state index in [0.29, 0.717) is 12.1 Å². The molecule has 1 saturated heterocycles. The number of nitrogens with one attached hydrogen (secondary N) is 3. The van der Waals surface area contributed by atoms with Crippen molar-refractivity contribution in [1.29, 1.82) is 0 Å². The highest BCUT2D eigenvalue weighted by molar-refractivity contribution is 5.93. The van der Waals surface area contributed by atoms with Crippen LogP contribution >= 0.6 is 0 Å². The van der Waals surface area contributed by atoms with Gasteiger partial charge in [0.25, 0.3) is 0 Å². The van der Waals surface area contributed by atoms with E-state index in [1.165, 1.54) is 0 Å². The Kier molecular flexibility index (Phi) is 3.25. The highest BCUT2D eigenvalue weighted by atomic mass is 16.3. The lowest BCUT2D eigenvalue weighted by molar-refractivity contribution is -0.119. The van der Waals surface area contributed by atoms with Gasteiger partial charge in [-0.2, -0.15) is 0 Å². The average Bonchev–Trinajstić information content (AvgIpc) is 3.09. The van der Waals surface area contributed by atoms with E-state index in [4.69, 9.17) is 4.42 Å². The minimum atomic E-state index is -0.445. The Balaban J connectivity index is 1.49. The van der Waals surface area contributed by atoms with Crippen LogP contribution in [0.4, 0.5) is 10.5 Å². The molecule has 1 aromatic heterocycles. The van der Waals surface area contributed by atoms with Gasteiger partial charge in [0.05, 0.1) is 24.3 Å². The maximum atomic E-state index is 12.4. The van der Waals surface area contributed by atoms with E-state index in [2.05, 4.69) is 16.0 Å². The number of rotatable bonds is 2. The average molecular weight is 313 g/mol. The molecule has 2 fully saturated rings. The molecule has 1 aliphatic carbocycles. The van der Waals surface area contributed by atoms with E-state index in [1.54, 1.807) is 12.3 Å². The van der Waals surface area contributed by atoms with E-state index in [9.17, 15) is 9.59 Å². The van der Waals surface area contributed by atoms with Gasteiger partial charge in [-0.3, -0.25) is 4.79 Å². The molecular formula is C17H19N3O3. The molecule has 0 unspecified atom stereocenters. The molecule has 2 atom stereocenters. The van der Waals surface area contributed by atoms with Crippen LogP contribution in [-0.4, -0.2) is 23.5 Å². The van der Waals surface area contributed by atoms with Crippen LogP contribution in [0.15, 0.2) is 34.9 Å². The summed E-state index contributed by atoms with van der Waals surface area (Å²) < 4.78 is 5.29. The summed E-state index contributed by atoms with van der Waals surface area (Å²) in [6, 6.07) is 7.13. The van der Waals surface area contributed by atoms with E-state index in [-0.39, 0.29) is 18.0 Å². The minimum Gasteiger partial charge on any atom is -0.464 e. The number of fused-ring (bicyclic) bond motifs is 2. The SMILES string of the molecule is O=C1C[C@]2(NC(=O)Nc3ccc4occc4c3)CCCC[C@@H]2N1. The van der Waals surface area contributed by atoms with Crippen LogP contribution in [0.5, 0.6) is 0 Å². The Bertz CT molecular complexity index is 769. The molecule has 1 aromatic carbocycles. The summed E-state index contributed by atoms with van der Waals surface area (Å²) in [5, 5.41) is 9.85. The fourth-order valence-corrected chi connectivity index (χ4v) is 3.82. The van der Waals surface area contributed by atoms with E-state index < -0.39 is 5.54 Å². The van der Waals surface area contributed by atoms with Gasteiger partial charge in [0.1, 0.15) is 5.58 Å². The van der Waals surface area contributed by atoms with Crippen LogP contribution in [0, 0.1) is 0 Å². The van der Waals surface area contributed by atoms with Gasteiger partial charge < -0.3 is 20.4 Å². The predicted octanol–water partition coefficient (Wildman–Crippen LogP) is 2.76. The summed E-state index contributed by atoms with van der Waals surface area (Å²) in [5.74, 6) is 0.0250. The Morgan fingerprint density at radius 2 is 2.22 bits per heavy atom. The molecule has 6 heteroatoms. The second kappa shape index (κ2) is 5.30. The molecule has 6 nitrogen and oxygen atoms in total. The third-order valence-electron chi connectivity index (χ3n) is 4.92. The number of anilines is 1. The number of furan rings is 1. The topological polar surface area (TPSA) is 83.4 Å². The fourth-order valence-electron chi connectivity index (χ4n) is 3.82. The Morgan fingerprint density at radius 1 is 1.30 bits per heavy atom. The molecule has 120 valence electrons. The van der Waals surface area contributed by atoms with Gasteiger partial charge in [0, 0.05) is 11.1 Å². The highest BCUT2D eigenvalue weighted by Gasteiger charge is 2.48. The molecule has 0 bridgehead atoms. The minimum absolute atomic E-state index is 0.0250. The first-order chi connectivity index (χ1) is 11.1. The zero-order valence-corrected chi connectivity index (χ0v) is 12.7. The molecule has 0 radical (unpaired) electrons. The van der Waals surface area contributed by atoms with Gasteiger partial charge in [-0.25, -0.2) is 4.79 Å². The van der Waals surface area contributed by atoms with Gasteiger partial charge >= 0.3 is 6.03 Å². The molecule has 3 N–H and O–H groups in total. The van der Waals surface area contributed by atoms with Crippen molar-refractivity contribution in [2.75, 3.05) is 5.32 Å². The summed E-state index contributed by atoms with van der Waals surface area (Å²) in [6.07, 6.45) is 5.87. The van der Waals surface area contributed by atoms with Crippen molar-refractivity contribution in [3.8, 4) is 0 Å². The van der Waals surface area contributed by atoms with Gasteiger partial charge in [0.2, 0.25) is 5.91 Å². The first-order valence-electron chi connectivity index (χ1n) is 8.00. The second-order valence-electron chi connectivity index (χ2n) is 6.45. The van der Waals surface area contributed by atoms with Gasteiger partial charge in [0.15, 0.2) is 0 Å². The van der Waals surface area contributed by atoms with Crippen LogP contribution in [-0.2, 0) is 4.79 Å². The number of benzene rings is 1. The molecule has 0 spiro atoms. The van der Waals surface area contributed by atoms with Crippen molar-refractivity contribution < 1.29 is 14.0 Å². The van der Waals surface area contributed by atoms with Crippen molar-refractivity contribution in [2.24, 2.45) is 0 Å². The monoisotopic (exact) mass is 313 g/mol. The van der Waals surface area contributed by atoms with E-state index in [1.807, 2.05) is 18.2 Å². The Hall–Kier alpha value is -2.50. The number of carbonyl (C=O) groups excluding carboxylic acids is 2. The second-order valence-corrected chi connectivity index (χ2v) is 6.45.